The number of aryl methyl sites for hydroxylation is 1. The molecule has 0 aliphatic carbocycles. The van der Waals surface area contributed by atoms with E-state index < -0.39 is 11.9 Å². The summed E-state index contributed by atoms with van der Waals surface area (Å²) >= 11 is 0. The highest BCUT2D eigenvalue weighted by atomic mass is 16.5. The fourth-order valence-corrected chi connectivity index (χ4v) is 5.02. The van der Waals surface area contributed by atoms with Crippen LogP contribution in [0.25, 0.3) is 22.0 Å². The molecule has 204 valence electrons. The van der Waals surface area contributed by atoms with Gasteiger partial charge in [0.2, 0.25) is 0 Å². The normalized spacial score (nSPS) is 10.8. The lowest BCUT2D eigenvalue weighted by Gasteiger charge is -2.15. The summed E-state index contributed by atoms with van der Waals surface area (Å²) in [5, 5.41) is 20.5. The molecule has 7 nitrogen and oxygen atoms in total. The van der Waals surface area contributed by atoms with Crippen molar-refractivity contribution in [3.8, 4) is 22.9 Å². The Kier molecular flexibility index (Phi) is 7.84. The van der Waals surface area contributed by atoms with Gasteiger partial charge in [0.05, 0.1) is 29.9 Å². The Bertz CT molecular complexity index is 1800. The van der Waals surface area contributed by atoms with Crippen molar-refractivity contribution < 1.29 is 24.2 Å². The number of methoxy groups -OCH3 is 1. The number of carboxylic acids is 1. The third-order valence-corrected chi connectivity index (χ3v) is 7.12. The summed E-state index contributed by atoms with van der Waals surface area (Å²) in [6, 6.07) is 27.4. The van der Waals surface area contributed by atoms with Crippen LogP contribution in [0.2, 0.25) is 0 Å². The number of ether oxygens (including phenoxy) is 2. The van der Waals surface area contributed by atoms with Crippen LogP contribution < -0.4 is 4.74 Å². The van der Waals surface area contributed by atoms with Crippen molar-refractivity contribution in [2.45, 2.75) is 26.5 Å². The van der Waals surface area contributed by atoms with Gasteiger partial charge in [-0.2, -0.15) is 5.26 Å². The molecule has 0 unspecified atom stereocenters. The van der Waals surface area contributed by atoms with Gasteiger partial charge >= 0.3 is 11.9 Å². The van der Waals surface area contributed by atoms with E-state index >= 15 is 0 Å². The first-order chi connectivity index (χ1) is 19.9. The van der Waals surface area contributed by atoms with E-state index in [2.05, 4.69) is 16.8 Å². The fourth-order valence-electron chi connectivity index (χ4n) is 5.02. The van der Waals surface area contributed by atoms with Crippen LogP contribution in [0.5, 0.6) is 5.75 Å². The van der Waals surface area contributed by atoms with Crippen molar-refractivity contribution in [3.63, 3.8) is 0 Å². The van der Waals surface area contributed by atoms with Crippen LogP contribution in [0.3, 0.4) is 0 Å². The first kappa shape index (κ1) is 27.2. The molecule has 1 aromatic heterocycles. The van der Waals surface area contributed by atoms with Gasteiger partial charge in [-0.1, -0.05) is 42.5 Å². The third-order valence-electron chi connectivity index (χ3n) is 7.12. The summed E-state index contributed by atoms with van der Waals surface area (Å²) in [6.07, 6.45) is 2.54. The topological polar surface area (TPSA) is 102 Å². The number of hydrogen-bond donors (Lipinski definition) is 1. The van der Waals surface area contributed by atoms with E-state index in [1.54, 1.807) is 30.3 Å². The van der Waals surface area contributed by atoms with E-state index in [1.165, 1.54) is 13.2 Å². The van der Waals surface area contributed by atoms with Gasteiger partial charge in [-0.05, 0) is 77.2 Å². The van der Waals surface area contributed by atoms with Gasteiger partial charge in [0, 0.05) is 30.1 Å². The highest BCUT2D eigenvalue weighted by Crippen LogP contribution is 2.34. The number of carbonyl (C=O) groups excluding carboxylic acids is 1. The molecule has 0 aliphatic heterocycles. The van der Waals surface area contributed by atoms with Gasteiger partial charge in [0.15, 0.2) is 0 Å². The number of aromatic nitrogens is 1. The first-order valence-corrected chi connectivity index (χ1v) is 13.2. The van der Waals surface area contributed by atoms with Crippen molar-refractivity contribution in [1.29, 1.82) is 5.26 Å². The molecule has 0 atom stereocenters. The maximum atomic E-state index is 13.1. The third kappa shape index (κ3) is 5.68. The van der Waals surface area contributed by atoms with E-state index in [1.807, 2.05) is 55.5 Å². The number of esters is 1. The van der Waals surface area contributed by atoms with Crippen LogP contribution in [0.1, 0.15) is 49.9 Å². The molecule has 0 bridgehead atoms. The standard InChI is InChI=1S/C34H28N2O5/c1-3-36-20-26(28-13-9-23(19-35)15-32(28)36)16-24-10-11-25(34(39)41-21-22-7-5-4-6-8-22)17-30(24)29-14-12-27(40-2)18-31(29)33(37)38/h4-15,17-18,20H,3,16,21H2,1-2H3,(H,37,38). The molecule has 0 saturated carbocycles. The molecule has 0 saturated heterocycles. The number of nitrogens with zero attached hydrogens (tertiary/aromatic N) is 2. The molecule has 0 aliphatic rings. The van der Waals surface area contributed by atoms with Crippen LogP contribution in [-0.4, -0.2) is 28.7 Å². The van der Waals surface area contributed by atoms with Gasteiger partial charge in [-0.3, -0.25) is 0 Å². The minimum atomic E-state index is -1.10. The Morgan fingerprint density at radius 2 is 1.73 bits per heavy atom. The Balaban J connectivity index is 1.60. The zero-order valence-electron chi connectivity index (χ0n) is 22.8. The van der Waals surface area contributed by atoms with Gasteiger partial charge in [-0.15, -0.1) is 0 Å². The zero-order chi connectivity index (χ0) is 28.9. The average Bonchev–Trinajstić information content (AvgIpc) is 3.36. The Labute approximate surface area is 237 Å². The quantitative estimate of drug-likeness (QED) is 0.204. The van der Waals surface area contributed by atoms with Crippen molar-refractivity contribution in [2.24, 2.45) is 0 Å². The van der Waals surface area contributed by atoms with Crippen molar-refractivity contribution in [2.75, 3.05) is 7.11 Å². The highest BCUT2D eigenvalue weighted by molar-refractivity contribution is 5.99. The number of fused-ring (bicyclic) bond motifs is 1. The van der Waals surface area contributed by atoms with Crippen molar-refractivity contribution in [3.05, 3.63) is 125 Å². The zero-order valence-corrected chi connectivity index (χ0v) is 22.8. The minimum absolute atomic E-state index is 0.0649. The second-order valence-corrected chi connectivity index (χ2v) is 9.61. The van der Waals surface area contributed by atoms with Crippen LogP contribution in [0.4, 0.5) is 0 Å². The number of carbonyl (C=O) groups is 2. The van der Waals surface area contributed by atoms with E-state index in [-0.39, 0.29) is 12.2 Å². The second-order valence-electron chi connectivity index (χ2n) is 9.61. The van der Waals surface area contributed by atoms with Crippen LogP contribution in [0.15, 0.2) is 91.1 Å². The van der Waals surface area contributed by atoms with Crippen molar-refractivity contribution >= 4 is 22.8 Å². The number of hydrogen-bond acceptors (Lipinski definition) is 5. The largest absolute Gasteiger partial charge is 0.497 e. The summed E-state index contributed by atoms with van der Waals surface area (Å²) in [5.41, 5.74) is 5.75. The molecule has 7 heteroatoms. The molecule has 1 heterocycles. The van der Waals surface area contributed by atoms with Crippen LogP contribution in [-0.2, 0) is 24.3 Å². The van der Waals surface area contributed by atoms with E-state index in [0.717, 1.165) is 34.1 Å². The minimum Gasteiger partial charge on any atom is -0.497 e. The summed E-state index contributed by atoms with van der Waals surface area (Å²) in [6.45, 7) is 2.90. The van der Waals surface area contributed by atoms with E-state index in [4.69, 9.17) is 9.47 Å². The van der Waals surface area contributed by atoms with Crippen LogP contribution in [0, 0.1) is 11.3 Å². The lowest BCUT2D eigenvalue weighted by Crippen LogP contribution is -2.07. The fraction of sp³-hybridized carbons (Fsp3) is 0.147. The van der Waals surface area contributed by atoms with Gasteiger partial charge in [0.1, 0.15) is 12.4 Å². The first-order valence-electron chi connectivity index (χ1n) is 13.2. The lowest BCUT2D eigenvalue weighted by molar-refractivity contribution is 0.0472. The second kappa shape index (κ2) is 11.8. The molecular formula is C34H28N2O5. The Morgan fingerprint density at radius 1 is 0.927 bits per heavy atom. The number of aromatic carboxylic acids is 1. The van der Waals surface area contributed by atoms with Crippen molar-refractivity contribution in [1.82, 2.24) is 4.57 Å². The molecule has 41 heavy (non-hydrogen) atoms. The summed E-state index contributed by atoms with van der Waals surface area (Å²) in [7, 11) is 1.48. The van der Waals surface area contributed by atoms with E-state index in [9.17, 15) is 20.0 Å². The number of nitriles is 1. The number of carboxylic acid groups (broad SMARTS) is 1. The molecule has 0 fully saturated rings. The summed E-state index contributed by atoms with van der Waals surface area (Å²) in [4.78, 5) is 25.4. The molecule has 0 amide bonds. The Morgan fingerprint density at radius 3 is 2.44 bits per heavy atom. The predicted octanol–water partition coefficient (Wildman–Crippen LogP) is 6.85. The van der Waals surface area contributed by atoms with Gasteiger partial charge in [0.25, 0.3) is 0 Å². The summed E-state index contributed by atoms with van der Waals surface area (Å²) in [5.74, 6) is -1.18. The predicted molar refractivity (Wildman–Crippen MR) is 156 cm³/mol. The molecule has 0 spiro atoms. The van der Waals surface area contributed by atoms with Gasteiger partial charge < -0.3 is 19.1 Å². The highest BCUT2D eigenvalue weighted by Gasteiger charge is 2.20. The van der Waals surface area contributed by atoms with Gasteiger partial charge in [-0.25, -0.2) is 9.59 Å². The molecule has 5 rings (SSSR count). The van der Waals surface area contributed by atoms with E-state index in [0.29, 0.717) is 34.4 Å². The maximum Gasteiger partial charge on any atom is 0.338 e. The van der Waals surface area contributed by atoms with Crippen LogP contribution >= 0.6 is 0 Å². The Hall–Kier alpha value is -5.35. The summed E-state index contributed by atoms with van der Waals surface area (Å²) < 4.78 is 12.9. The molecule has 4 aromatic carbocycles. The number of benzene rings is 4. The maximum absolute atomic E-state index is 13.1. The average molecular weight is 545 g/mol. The molecule has 0 radical (unpaired) electrons. The molecule has 5 aromatic rings. The lowest BCUT2D eigenvalue weighted by atomic mass is 9.90. The molecular weight excluding hydrogens is 516 g/mol. The molecule has 1 N–H and O–H groups in total. The SMILES string of the molecule is CCn1cc(Cc2ccc(C(=O)OCc3ccccc3)cc2-c2ccc(OC)cc2C(=O)O)c2ccc(C#N)cc21. The number of rotatable bonds is 9. The monoisotopic (exact) mass is 544 g/mol. The smallest absolute Gasteiger partial charge is 0.338 e.